The fourth-order valence-electron chi connectivity index (χ4n) is 2.69. The summed E-state index contributed by atoms with van der Waals surface area (Å²) >= 11 is 0. The summed E-state index contributed by atoms with van der Waals surface area (Å²) in [4.78, 5) is 21.8. The lowest BCUT2D eigenvalue weighted by Gasteiger charge is -2.17. The predicted octanol–water partition coefficient (Wildman–Crippen LogP) is 3.19. The second kappa shape index (κ2) is 6.02. The van der Waals surface area contributed by atoms with Crippen molar-refractivity contribution in [2.45, 2.75) is 13.3 Å². The van der Waals surface area contributed by atoms with Crippen LogP contribution in [0.1, 0.15) is 21.6 Å². The standard InChI is InChI=1S/C18H19N3O/c1-13-17(15-5-3-4-6-16(15)20-13)18(22)21(2)12-9-14-7-10-19-11-8-14/h3-8,10-11,20H,9,12H2,1-2H3. The average molecular weight is 293 g/mol. The van der Waals surface area contributed by atoms with Crippen LogP contribution < -0.4 is 0 Å². The lowest BCUT2D eigenvalue weighted by molar-refractivity contribution is 0.0798. The number of fused-ring (bicyclic) bond motifs is 1. The van der Waals surface area contributed by atoms with Gasteiger partial charge in [0.2, 0.25) is 0 Å². The van der Waals surface area contributed by atoms with Crippen molar-refractivity contribution >= 4 is 16.8 Å². The van der Waals surface area contributed by atoms with Gasteiger partial charge in [-0.3, -0.25) is 9.78 Å². The second-order valence-electron chi connectivity index (χ2n) is 5.50. The molecule has 0 fully saturated rings. The number of nitrogens with one attached hydrogen (secondary N) is 1. The van der Waals surface area contributed by atoms with Gasteiger partial charge in [0.25, 0.3) is 5.91 Å². The summed E-state index contributed by atoms with van der Waals surface area (Å²) in [7, 11) is 1.85. The quantitative estimate of drug-likeness (QED) is 0.803. The number of carbonyl (C=O) groups is 1. The first-order valence-electron chi connectivity index (χ1n) is 7.38. The van der Waals surface area contributed by atoms with Gasteiger partial charge in [0.05, 0.1) is 5.56 Å². The van der Waals surface area contributed by atoms with E-state index in [1.165, 1.54) is 5.56 Å². The molecule has 0 aliphatic carbocycles. The van der Waals surface area contributed by atoms with Crippen LogP contribution in [0, 0.1) is 6.92 Å². The zero-order valence-corrected chi connectivity index (χ0v) is 12.8. The van der Waals surface area contributed by atoms with Crippen LogP contribution in [0.25, 0.3) is 10.9 Å². The fraction of sp³-hybridized carbons (Fsp3) is 0.222. The van der Waals surface area contributed by atoms with Crippen molar-refractivity contribution in [2.75, 3.05) is 13.6 Å². The second-order valence-corrected chi connectivity index (χ2v) is 5.50. The molecule has 0 spiro atoms. The lowest BCUT2D eigenvalue weighted by Crippen LogP contribution is -2.29. The molecule has 0 bridgehead atoms. The molecule has 1 N–H and O–H groups in total. The smallest absolute Gasteiger partial charge is 0.256 e. The van der Waals surface area contributed by atoms with E-state index in [4.69, 9.17) is 0 Å². The zero-order valence-electron chi connectivity index (χ0n) is 12.8. The van der Waals surface area contributed by atoms with E-state index in [1.54, 1.807) is 17.3 Å². The van der Waals surface area contributed by atoms with Crippen molar-refractivity contribution in [2.24, 2.45) is 0 Å². The van der Waals surface area contributed by atoms with E-state index in [9.17, 15) is 4.79 Å². The summed E-state index contributed by atoms with van der Waals surface area (Å²) in [6.07, 6.45) is 4.38. The molecule has 0 unspecified atom stereocenters. The highest BCUT2D eigenvalue weighted by molar-refractivity contribution is 6.08. The highest BCUT2D eigenvalue weighted by Gasteiger charge is 2.19. The maximum atomic E-state index is 12.8. The van der Waals surface area contributed by atoms with Crippen LogP contribution in [0.15, 0.2) is 48.8 Å². The molecule has 2 heterocycles. The van der Waals surface area contributed by atoms with Crippen LogP contribution in [0.3, 0.4) is 0 Å². The van der Waals surface area contributed by atoms with Gasteiger partial charge in [-0.15, -0.1) is 0 Å². The van der Waals surface area contributed by atoms with Crippen LogP contribution in [0.5, 0.6) is 0 Å². The van der Waals surface area contributed by atoms with Crippen molar-refractivity contribution in [1.29, 1.82) is 0 Å². The van der Waals surface area contributed by atoms with Gasteiger partial charge in [-0.2, -0.15) is 0 Å². The Morgan fingerprint density at radius 1 is 1.18 bits per heavy atom. The fourth-order valence-corrected chi connectivity index (χ4v) is 2.69. The van der Waals surface area contributed by atoms with Crippen LogP contribution in [0.2, 0.25) is 0 Å². The molecule has 2 aromatic heterocycles. The number of aryl methyl sites for hydroxylation is 1. The summed E-state index contributed by atoms with van der Waals surface area (Å²) in [5.74, 6) is 0.0593. The Balaban J connectivity index is 1.79. The van der Waals surface area contributed by atoms with Gasteiger partial charge in [0.1, 0.15) is 0 Å². The third-order valence-electron chi connectivity index (χ3n) is 3.94. The first-order valence-corrected chi connectivity index (χ1v) is 7.38. The molecular weight excluding hydrogens is 274 g/mol. The minimum Gasteiger partial charge on any atom is -0.358 e. The molecule has 3 aromatic rings. The van der Waals surface area contributed by atoms with E-state index >= 15 is 0 Å². The third kappa shape index (κ3) is 2.72. The largest absolute Gasteiger partial charge is 0.358 e. The summed E-state index contributed by atoms with van der Waals surface area (Å²) in [5.41, 5.74) is 3.88. The molecule has 0 aliphatic heterocycles. The normalized spacial score (nSPS) is 10.8. The topological polar surface area (TPSA) is 49.0 Å². The van der Waals surface area contributed by atoms with E-state index in [1.807, 2.05) is 50.4 Å². The number of rotatable bonds is 4. The lowest BCUT2D eigenvalue weighted by atomic mass is 10.1. The molecule has 0 saturated carbocycles. The molecule has 0 aliphatic rings. The predicted molar refractivity (Wildman–Crippen MR) is 87.9 cm³/mol. The van der Waals surface area contributed by atoms with Crippen LogP contribution >= 0.6 is 0 Å². The SMILES string of the molecule is Cc1[nH]c2ccccc2c1C(=O)N(C)CCc1ccncc1. The van der Waals surface area contributed by atoms with E-state index in [0.717, 1.165) is 28.6 Å². The number of pyridine rings is 1. The van der Waals surface area contributed by atoms with Gasteiger partial charge < -0.3 is 9.88 Å². The summed E-state index contributed by atoms with van der Waals surface area (Å²) in [6, 6.07) is 11.9. The molecule has 1 aromatic carbocycles. The molecular formula is C18H19N3O. The van der Waals surface area contributed by atoms with Gasteiger partial charge in [-0.1, -0.05) is 18.2 Å². The first kappa shape index (κ1) is 14.3. The van der Waals surface area contributed by atoms with E-state index in [-0.39, 0.29) is 5.91 Å². The highest BCUT2D eigenvalue weighted by atomic mass is 16.2. The first-order chi connectivity index (χ1) is 10.7. The molecule has 3 rings (SSSR count). The van der Waals surface area contributed by atoms with Crippen LogP contribution in [0.4, 0.5) is 0 Å². The molecule has 4 heteroatoms. The summed E-state index contributed by atoms with van der Waals surface area (Å²) in [6.45, 7) is 2.63. The molecule has 0 atom stereocenters. The maximum Gasteiger partial charge on any atom is 0.256 e. The molecule has 4 nitrogen and oxygen atoms in total. The number of aromatic amines is 1. The van der Waals surface area contributed by atoms with Gasteiger partial charge in [0.15, 0.2) is 0 Å². The van der Waals surface area contributed by atoms with Crippen molar-refractivity contribution in [3.63, 3.8) is 0 Å². The number of H-pyrrole nitrogens is 1. The van der Waals surface area contributed by atoms with Crippen LogP contribution in [-0.4, -0.2) is 34.4 Å². The van der Waals surface area contributed by atoms with Gasteiger partial charge in [0, 0.05) is 42.6 Å². The Kier molecular flexibility index (Phi) is 3.92. The van der Waals surface area contributed by atoms with Crippen molar-refractivity contribution in [3.8, 4) is 0 Å². The number of hydrogen-bond donors (Lipinski definition) is 1. The Hall–Kier alpha value is -2.62. The third-order valence-corrected chi connectivity index (χ3v) is 3.94. The number of para-hydroxylation sites is 1. The summed E-state index contributed by atoms with van der Waals surface area (Å²) < 4.78 is 0. The Labute approximate surface area is 129 Å². The Morgan fingerprint density at radius 3 is 2.68 bits per heavy atom. The number of hydrogen-bond acceptors (Lipinski definition) is 2. The molecule has 1 amide bonds. The molecule has 112 valence electrons. The van der Waals surface area contributed by atoms with E-state index < -0.39 is 0 Å². The van der Waals surface area contributed by atoms with Crippen molar-refractivity contribution < 1.29 is 4.79 Å². The van der Waals surface area contributed by atoms with Gasteiger partial charge in [-0.25, -0.2) is 0 Å². The number of benzene rings is 1. The highest BCUT2D eigenvalue weighted by Crippen LogP contribution is 2.23. The minimum atomic E-state index is 0.0593. The molecule has 0 saturated heterocycles. The van der Waals surface area contributed by atoms with Gasteiger partial charge in [-0.05, 0) is 37.1 Å². The maximum absolute atomic E-state index is 12.8. The number of amides is 1. The van der Waals surface area contributed by atoms with Crippen molar-refractivity contribution in [3.05, 3.63) is 65.6 Å². The van der Waals surface area contributed by atoms with Gasteiger partial charge >= 0.3 is 0 Å². The summed E-state index contributed by atoms with van der Waals surface area (Å²) in [5, 5.41) is 0.987. The van der Waals surface area contributed by atoms with Crippen molar-refractivity contribution in [1.82, 2.24) is 14.9 Å². The van der Waals surface area contributed by atoms with E-state index in [2.05, 4.69) is 9.97 Å². The monoisotopic (exact) mass is 293 g/mol. The molecule has 0 radical (unpaired) electrons. The number of nitrogens with zero attached hydrogens (tertiary/aromatic N) is 2. The Morgan fingerprint density at radius 2 is 1.91 bits per heavy atom. The average Bonchev–Trinajstić information content (AvgIpc) is 2.88. The Bertz CT molecular complexity index is 792. The van der Waals surface area contributed by atoms with Crippen LogP contribution in [-0.2, 0) is 6.42 Å². The zero-order chi connectivity index (χ0) is 15.5. The number of carbonyl (C=O) groups excluding carboxylic acids is 1. The minimum absolute atomic E-state index is 0.0593. The number of aromatic nitrogens is 2. The number of likely N-dealkylation sites (N-methyl/N-ethyl adjacent to an activating group) is 1. The van der Waals surface area contributed by atoms with E-state index in [0.29, 0.717) is 6.54 Å². The molecule has 22 heavy (non-hydrogen) atoms.